The first-order chi connectivity index (χ1) is 9.56. The number of nitrogens with two attached hydrogens (primary N) is 1. The van der Waals surface area contributed by atoms with Crippen LogP contribution in [0.15, 0.2) is 24.3 Å². The number of anilines is 1. The van der Waals surface area contributed by atoms with E-state index in [1.54, 1.807) is 24.3 Å². The van der Waals surface area contributed by atoms with Crippen LogP contribution in [0.2, 0.25) is 0 Å². The molecule has 110 valence electrons. The number of hydrogen-bond acceptors (Lipinski definition) is 3. The molecule has 4 heteroatoms. The summed E-state index contributed by atoms with van der Waals surface area (Å²) in [7, 11) is 0. The van der Waals surface area contributed by atoms with Gasteiger partial charge in [-0.05, 0) is 56.5 Å². The van der Waals surface area contributed by atoms with Crippen LogP contribution in [0, 0.1) is 5.92 Å². The topological polar surface area (TPSA) is 58.4 Å². The Balaban J connectivity index is 1.82. The summed E-state index contributed by atoms with van der Waals surface area (Å²) in [5.74, 6) is 0.737. The summed E-state index contributed by atoms with van der Waals surface area (Å²) in [6.45, 7) is 7.45. The van der Waals surface area contributed by atoms with Crippen molar-refractivity contribution in [2.24, 2.45) is 5.92 Å². The van der Waals surface area contributed by atoms with Crippen LogP contribution in [0.3, 0.4) is 0 Å². The van der Waals surface area contributed by atoms with Crippen LogP contribution in [0.4, 0.5) is 5.69 Å². The van der Waals surface area contributed by atoms with Gasteiger partial charge in [0.15, 0.2) is 0 Å². The van der Waals surface area contributed by atoms with Gasteiger partial charge in [0.2, 0.25) is 0 Å². The lowest BCUT2D eigenvalue weighted by atomic mass is 9.99. The standard InChI is InChI=1S/C16H25N3O/c1-12-4-3-9-19(11-12)13(2)10-18-16(20)14-5-7-15(17)8-6-14/h5-8,12-13H,3-4,9-11,17H2,1-2H3,(H,18,20). The number of nitrogen functional groups attached to an aromatic ring is 1. The predicted molar refractivity (Wildman–Crippen MR) is 82.6 cm³/mol. The fourth-order valence-corrected chi connectivity index (χ4v) is 2.73. The van der Waals surface area contributed by atoms with E-state index in [4.69, 9.17) is 5.73 Å². The molecule has 20 heavy (non-hydrogen) atoms. The molecule has 2 rings (SSSR count). The summed E-state index contributed by atoms with van der Waals surface area (Å²) < 4.78 is 0. The maximum absolute atomic E-state index is 12.0. The van der Waals surface area contributed by atoms with E-state index in [0.29, 0.717) is 23.8 Å². The summed E-state index contributed by atoms with van der Waals surface area (Å²) in [6.07, 6.45) is 2.58. The van der Waals surface area contributed by atoms with Gasteiger partial charge in [-0.25, -0.2) is 0 Å². The minimum atomic E-state index is -0.0260. The van der Waals surface area contributed by atoms with E-state index < -0.39 is 0 Å². The van der Waals surface area contributed by atoms with Crippen molar-refractivity contribution < 1.29 is 4.79 Å². The molecule has 1 amide bonds. The van der Waals surface area contributed by atoms with Crippen LogP contribution in [0.5, 0.6) is 0 Å². The van der Waals surface area contributed by atoms with Crippen molar-refractivity contribution in [2.75, 3.05) is 25.4 Å². The highest BCUT2D eigenvalue weighted by Crippen LogP contribution is 2.17. The fourth-order valence-electron chi connectivity index (χ4n) is 2.73. The maximum Gasteiger partial charge on any atom is 0.251 e. The van der Waals surface area contributed by atoms with E-state index in [1.165, 1.54) is 12.8 Å². The lowest BCUT2D eigenvalue weighted by Crippen LogP contribution is -2.46. The molecule has 0 spiro atoms. The van der Waals surface area contributed by atoms with Gasteiger partial charge in [0.25, 0.3) is 5.91 Å². The minimum Gasteiger partial charge on any atom is -0.399 e. The number of hydrogen-bond donors (Lipinski definition) is 2. The van der Waals surface area contributed by atoms with Crippen LogP contribution >= 0.6 is 0 Å². The number of amides is 1. The zero-order valence-corrected chi connectivity index (χ0v) is 12.4. The number of rotatable bonds is 4. The number of piperidine rings is 1. The SMILES string of the molecule is CC1CCCN(C(C)CNC(=O)c2ccc(N)cc2)C1. The Hall–Kier alpha value is -1.55. The molecule has 1 aromatic rings. The van der Waals surface area contributed by atoms with Crippen LogP contribution < -0.4 is 11.1 Å². The molecule has 0 aromatic heterocycles. The van der Waals surface area contributed by atoms with Crippen molar-refractivity contribution >= 4 is 11.6 Å². The Morgan fingerprint density at radius 3 is 2.80 bits per heavy atom. The van der Waals surface area contributed by atoms with Gasteiger partial charge in [0.1, 0.15) is 0 Å². The van der Waals surface area contributed by atoms with Crippen molar-refractivity contribution in [1.29, 1.82) is 0 Å². The van der Waals surface area contributed by atoms with Crippen molar-refractivity contribution in [2.45, 2.75) is 32.7 Å². The predicted octanol–water partition coefficient (Wildman–Crippen LogP) is 2.12. The van der Waals surface area contributed by atoms with E-state index in [2.05, 4.69) is 24.1 Å². The molecular formula is C16H25N3O. The van der Waals surface area contributed by atoms with Gasteiger partial charge in [0.05, 0.1) is 0 Å². The molecule has 0 aliphatic carbocycles. The number of nitrogens with one attached hydrogen (secondary N) is 1. The van der Waals surface area contributed by atoms with Gasteiger partial charge in [-0.15, -0.1) is 0 Å². The minimum absolute atomic E-state index is 0.0260. The highest BCUT2D eigenvalue weighted by atomic mass is 16.1. The summed E-state index contributed by atoms with van der Waals surface area (Å²) in [5.41, 5.74) is 6.96. The van der Waals surface area contributed by atoms with Crippen LogP contribution in [0.1, 0.15) is 37.0 Å². The van der Waals surface area contributed by atoms with E-state index in [9.17, 15) is 4.79 Å². The summed E-state index contributed by atoms with van der Waals surface area (Å²) in [5, 5.41) is 3.01. The van der Waals surface area contributed by atoms with Gasteiger partial charge < -0.3 is 11.1 Å². The molecule has 1 heterocycles. The summed E-state index contributed by atoms with van der Waals surface area (Å²) >= 11 is 0. The number of carbonyl (C=O) groups is 1. The normalized spacial score (nSPS) is 21.4. The lowest BCUT2D eigenvalue weighted by Gasteiger charge is -2.35. The largest absolute Gasteiger partial charge is 0.399 e. The Kier molecular flexibility index (Phi) is 5.01. The first-order valence-corrected chi connectivity index (χ1v) is 7.44. The highest BCUT2D eigenvalue weighted by molar-refractivity contribution is 5.94. The molecule has 1 aliphatic rings. The molecular weight excluding hydrogens is 250 g/mol. The molecule has 3 N–H and O–H groups in total. The highest BCUT2D eigenvalue weighted by Gasteiger charge is 2.21. The second-order valence-corrected chi connectivity index (χ2v) is 5.92. The second kappa shape index (κ2) is 6.75. The lowest BCUT2D eigenvalue weighted by molar-refractivity contribution is 0.0917. The van der Waals surface area contributed by atoms with Crippen molar-refractivity contribution in [1.82, 2.24) is 10.2 Å². The Bertz CT molecular complexity index is 444. The van der Waals surface area contributed by atoms with Crippen molar-refractivity contribution in [3.8, 4) is 0 Å². The number of nitrogens with zero attached hydrogens (tertiary/aromatic N) is 1. The number of benzene rings is 1. The second-order valence-electron chi connectivity index (χ2n) is 5.92. The third kappa shape index (κ3) is 3.97. The first kappa shape index (κ1) is 14.9. The van der Waals surface area contributed by atoms with Gasteiger partial charge in [0, 0.05) is 30.4 Å². The molecule has 0 radical (unpaired) electrons. The number of likely N-dealkylation sites (tertiary alicyclic amines) is 1. The third-order valence-corrected chi connectivity index (χ3v) is 4.04. The molecule has 4 nitrogen and oxygen atoms in total. The van der Waals surface area contributed by atoms with Crippen LogP contribution in [0.25, 0.3) is 0 Å². The monoisotopic (exact) mass is 275 g/mol. The molecule has 1 aromatic carbocycles. The zero-order chi connectivity index (χ0) is 14.5. The summed E-state index contributed by atoms with van der Waals surface area (Å²) in [6, 6.07) is 7.42. The van der Waals surface area contributed by atoms with E-state index in [1.807, 2.05) is 0 Å². The zero-order valence-electron chi connectivity index (χ0n) is 12.4. The van der Waals surface area contributed by atoms with Gasteiger partial charge in [-0.3, -0.25) is 9.69 Å². The average molecular weight is 275 g/mol. The van der Waals surface area contributed by atoms with E-state index >= 15 is 0 Å². The Morgan fingerprint density at radius 1 is 1.45 bits per heavy atom. The first-order valence-electron chi connectivity index (χ1n) is 7.44. The molecule has 1 fully saturated rings. The van der Waals surface area contributed by atoms with Crippen LogP contribution in [-0.4, -0.2) is 36.5 Å². The van der Waals surface area contributed by atoms with Crippen LogP contribution in [-0.2, 0) is 0 Å². The fraction of sp³-hybridized carbons (Fsp3) is 0.562. The molecule has 0 bridgehead atoms. The molecule has 2 unspecified atom stereocenters. The molecule has 1 aliphatic heterocycles. The molecule has 0 saturated carbocycles. The van der Waals surface area contributed by atoms with Gasteiger partial charge in [-0.2, -0.15) is 0 Å². The van der Waals surface area contributed by atoms with Crippen molar-refractivity contribution in [3.63, 3.8) is 0 Å². The molecule has 1 saturated heterocycles. The Morgan fingerprint density at radius 2 is 2.15 bits per heavy atom. The third-order valence-electron chi connectivity index (χ3n) is 4.04. The maximum atomic E-state index is 12.0. The van der Waals surface area contributed by atoms with E-state index in [0.717, 1.165) is 19.0 Å². The van der Waals surface area contributed by atoms with Crippen molar-refractivity contribution in [3.05, 3.63) is 29.8 Å². The number of carbonyl (C=O) groups excluding carboxylic acids is 1. The van der Waals surface area contributed by atoms with Gasteiger partial charge >= 0.3 is 0 Å². The average Bonchev–Trinajstić information content (AvgIpc) is 2.45. The Labute approximate surface area is 121 Å². The molecule has 2 atom stereocenters. The smallest absolute Gasteiger partial charge is 0.251 e. The van der Waals surface area contributed by atoms with E-state index in [-0.39, 0.29) is 5.91 Å². The summed E-state index contributed by atoms with van der Waals surface area (Å²) in [4.78, 5) is 14.5. The quantitative estimate of drug-likeness (QED) is 0.828. The van der Waals surface area contributed by atoms with Gasteiger partial charge in [-0.1, -0.05) is 6.92 Å².